The molecule has 2 fully saturated rings. The van der Waals surface area contributed by atoms with Crippen LogP contribution in [0.4, 0.5) is 0 Å². The van der Waals surface area contributed by atoms with E-state index in [9.17, 15) is 4.79 Å². The highest BCUT2D eigenvalue weighted by Gasteiger charge is 2.48. The minimum Gasteiger partial charge on any atom is -0.369 e. The van der Waals surface area contributed by atoms with E-state index < -0.39 is 5.54 Å². The van der Waals surface area contributed by atoms with Gasteiger partial charge in [0.25, 0.3) is 5.91 Å². The summed E-state index contributed by atoms with van der Waals surface area (Å²) < 4.78 is 0. The van der Waals surface area contributed by atoms with Gasteiger partial charge in [-0.3, -0.25) is 9.69 Å². The number of aliphatic imine (C=N–C) groups is 1. The lowest BCUT2D eigenvalue weighted by atomic mass is 9.75. The van der Waals surface area contributed by atoms with Crippen molar-refractivity contribution in [2.45, 2.75) is 95.6 Å². The summed E-state index contributed by atoms with van der Waals surface area (Å²) in [5, 5.41) is 1.13. The van der Waals surface area contributed by atoms with Gasteiger partial charge < -0.3 is 5.73 Å². The van der Waals surface area contributed by atoms with Crippen molar-refractivity contribution in [2.24, 2.45) is 22.6 Å². The van der Waals surface area contributed by atoms with Crippen LogP contribution in [-0.2, 0) is 11.3 Å². The molecule has 1 amide bonds. The third kappa shape index (κ3) is 5.57. The number of hydrogen-bond donors (Lipinski definition) is 1. The first-order valence-electron chi connectivity index (χ1n) is 12.1. The average molecular weight is 464 g/mol. The Morgan fingerprint density at radius 1 is 0.935 bits per heavy atom. The lowest BCUT2D eigenvalue weighted by Gasteiger charge is -2.33. The predicted molar refractivity (Wildman–Crippen MR) is 128 cm³/mol. The Kier molecular flexibility index (Phi) is 7.48. The summed E-state index contributed by atoms with van der Waals surface area (Å²) in [6, 6.07) is 5.39. The second-order valence-corrected chi connectivity index (χ2v) is 10.8. The molecule has 4 nitrogen and oxygen atoms in total. The molecule has 0 saturated heterocycles. The molecule has 170 valence electrons. The molecule has 2 aliphatic carbocycles. The maximum absolute atomic E-state index is 13.8. The monoisotopic (exact) mass is 463 g/mol. The van der Waals surface area contributed by atoms with Gasteiger partial charge in [0.2, 0.25) is 0 Å². The summed E-state index contributed by atoms with van der Waals surface area (Å²) in [4.78, 5) is 20.4. The summed E-state index contributed by atoms with van der Waals surface area (Å²) in [7, 11) is 0. The summed E-state index contributed by atoms with van der Waals surface area (Å²) in [6.45, 7) is 0.365. The topological polar surface area (TPSA) is 58.7 Å². The van der Waals surface area contributed by atoms with Crippen LogP contribution < -0.4 is 5.73 Å². The van der Waals surface area contributed by atoms with Gasteiger partial charge in [-0.05, 0) is 54.9 Å². The summed E-state index contributed by atoms with van der Waals surface area (Å²) >= 11 is 12.4. The van der Waals surface area contributed by atoms with E-state index in [4.69, 9.17) is 33.9 Å². The number of nitrogens with two attached hydrogens (primary N) is 1. The van der Waals surface area contributed by atoms with Crippen molar-refractivity contribution in [2.75, 3.05) is 0 Å². The van der Waals surface area contributed by atoms with Crippen molar-refractivity contribution < 1.29 is 4.79 Å². The maximum atomic E-state index is 13.8. The number of carbonyl (C=O) groups is 1. The van der Waals surface area contributed by atoms with Gasteiger partial charge in [0.05, 0.1) is 6.54 Å². The third-order valence-corrected chi connectivity index (χ3v) is 7.99. The summed E-state index contributed by atoms with van der Waals surface area (Å²) in [5.74, 6) is 1.71. The number of guanidine groups is 1. The SMILES string of the molecule is NC1=NC(CCC2CCCCC2)(CC2CCCCC2)C(=O)N1Cc1cc(Cl)cc(Cl)c1. The van der Waals surface area contributed by atoms with Gasteiger partial charge in [-0.2, -0.15) is 0 Å². The Balaban J connectivity index is 1.53. The molecule has 2 N–H and O–H groups in total. The molecule has 1 atom stereocenters. The van der Waals surface area contributed by atoms with Gasteiger partial charge >= 0.3 is 0 Å². The van der Waals surface area contributed by atoms with Gasteiger partial charge in [0, 0.05) is 10.0 Å². The van der Waals surface area contributed by atoms with Gasteiger partial charge in [-0.25, -0.2) is 4.99 Å². The van der Waals surface area contributed by atoms with E-state index in [1.165, 1.54) is 64.2 Å². The molecule has 1 aromatic carbocycles. The van der Waals surface area contributed by atoms with Crippen LogP contribution in [0, 0.1) is 11.8 Å². The third-order valence-electron chi connectivity index (χ3n) is 7.55. The molecule has 6 heteroatoms. The Bertz CT molecular complexity index is 795. The van der Waals surface area contributed by atoms with Crippen LogP contribution in [0.1, 0.15) is 89.0 Å². The van der Waals surface area contributed by atoms with E-state index in [-0.39, 0.29) is 5.91 Å². The summed E-state index contributed by atoms with van der Waals surface area (Å²) in [5.41, 5.74) is 6.56. The zero-order valence-corrected chi connectivity index (χ0v) is 19.9. The Morgan fingerprint density at radius 3 is 2.13 bits per heavy atom. The first-order valence-corrected chi connectivity index (χ1v) is 12.8. The van der Waals surface area contributed by atoms with Crippen LogP contribution in [0.25, 0.3) is 0 Å². The molecule has 2 saturated carbocycles. The molecule has 0 spiro atoms. The molecular formula is C25H35Cl2N3O. The van der Waals surface area contributed by atoms with Crippen molar-refractivity contribution in [1.29, 1.82) is 0 Å². The first-order chi connectivity index (χ1) is 14.9. The Morgan fingerprint density at radius 2 is 1.52 bits per heavy atom. The highest BCUT2D eigenvalue weighted by atomic mass is 35.5. The molecule has 0 aromatic heterocycles. The molecule has 1 aromatic rings. The van der Waals surface area contributed by atoms with Crippen LogP contribution in [-0.4, -0.2) is 22.3 Å². The number of rotatable bonds is 7. The number of halogens is 2. The van der Waals surface area contributed by atoms with Crippen molar-refractivity contribution in [3.8, 4) is 0 Å². The van der Waals surface area contributed by atoms with Crippen LogP contribution in [0.3, 0.4) is 0 Å². The normalized spacial score (nSPS) is 25.8. The fraction of sp³-hybridized carbons (Fsp3) is 0.680. The van der Waals surface area contributed by atoms with Gasteiger partial charge in [-0.1, -0.05) is 87.4 Å². The molecule has 1 aliphatic heterocycles. The number of amides is 1. The largest absolute Gasteiger partial charge is 0.369 e. The zero-order chi connectivity index (χ0) is 21.8. The van der Waals surface area contributed by atoms with E-state index in [1.807, 2.05) is 12.1 Å². The van der Waals surface area contributed by atoms with Crippen LogP contribution >= 0.6 is 23.2 Å². The first kappa shape index (κ1) is 22.9. The maximum Gasteiger partial charge on any atom is 0.257 e. The van der Waals surface area contributed by atoms with Crippen molar-refractivity contribution >= 4 is 35.1 Å². The van der Waals surface area contributed by atoms with Crippen LogP contribution in [0.15, 0.2) is 23.2 Å². The molecule has 4 rings (SSSR count). The summed E-state index contributed by atoms with van der Waals surface area (Å²) in [6.07, 6.45) is 15.6. The van der Waals surface area contributed by atoms with E-state index in [0.29, 0.717) is 28.5 Å². The molecule has 0 bridgehead atoms. The molecule has 0 radical (unpaired) electrons. The van der Waals surface area contributed by atoms with E-state index in [0.717, 1.165) is 30.7 Å². The standard InChI is InChI=1S/C25H35Cl2N3O/c26-21-13-20(14-22(27)15-21)17-30-23(31)25(29-24(30)28,16-19-9-5-2-6-10-19)12-11-18-7-3-1-4-8-18/h13-15,18-19H,1-12,16-17H2,(H2,28,29). The van der Waals surface area contributed by atoms with Gasteiger partial charge in [-0.15, -0.1) is 0 Å². The number of carbonyl (C=O) groups excluding carboxylic acids is 1. The second kappa shape index (κ2) is 10.1. The van der Waals surface area contributed by atoms with Crippen molar-refractivity contribution in [3.63, 3.8) is 0 Å². The molecule has 31 heavy (non-hydrogen) atoms. The zero-order valence-electron chi connectivity index (χ0n) is 18.4. The highest BCUT2D eigenvalue weighted by Crippen LogP contribution is 2.41. The quantitative estimate of drug-likeness (QED) is 0.487. The number of hydrogen-bond acceptors (Lipinski definition) is 3. The molecular weight excluding hydrogens is 429 g/mol. The fourth-order valence-corrected chi connectivity index (χ4v) is 6.48. The van der Waals surface area contributed by atoms with E-state index in [2.05, 4.69) is 0 Å². The second-order valence-electron chi connectivity index (χ2n) is 9.92. The Labute approximate surface area is 196 Å². The minimum atomic E-state index is -0.689. The smallest absolute Gasteiger partial charge is 0.257 e. The van der Waals surface area contributed by atoms with Crippen LogP contribution in [0.5, 0.6) is 0 Å². The number of benzene rings is 1. The molecule has 1 heterocycles. The molecule has 3 aliphatic rings. The molecule has 1 unspecified atom stereocenters. The van der Waals surface area contributed by atoms with Gasteiger partial charge in [0.15, 0.2) is 5.96 Å². The van der Waals surface area contributed by atoms with Gasteiger partial charge in [0.1, 0.15) is 5.54 Å². The fourth-order valence-electron chi connectivity index (χ4n) is 5.91. The highest BCUT2D eigenvalue weighted by molar-refractivity contribution is 6.34. The predicted octanol–water partition coefficient (Wildman–Crippen LogP) is 6.72. The van der Waals surface area contributed by atoms with Crippen LogP contribution in [0.2, 0.25) is 10.0 Å². The van der Waals surface area contributed by atoms with Crippen molar-refractivity contribution in [1.82, 2.24) is 4.90 Å². The minimum absolute atomic E-state index is 0.0717. The lowest BCUT2D eigenvalue weighted by molar-refractivity contribution is -0.132. The van der Waals surface area contributed by atoms with E-state index >= 15 is 0 Å². The van der Waals surface area contributed by atoms with E-state index in [1.54, 1.807) is 11.0 Å². The van der Waals surface area contributed by atoms with Crippen molar-refractivity contribution in [3.05, 3.63) is 33.8 Å². The lowest BCUT2D eigenvalue weighted by Crippen LogP contribution is -2.45. The average Bonchev–Trinajstić information content (AvgIpc) is 2.97. The number of nitrogens with zero attached hydrogens (tertiary/aromatic N) is 2. The Hall–Kier alpha value is -1.26.